The predicted molar refractivity (Wildman–Crippen MR) is 128 cm³/mol. The lowest BCUT2D eigenvalue weighted by Gasteiger charge is -2.09. The van der Waals surface area contributed by atoms with Crippen LogP contribution in [0.15, 0.2) is 76.3 Å². The fraction of sp³-hybridized carbons (Fsp3) is 0.0435. The van der Waals surface area contributed by atoms with Crippen molar-refractivity contribution in [2.75, 3.05) is 12.4 Å². The maximum Gasteiger partial charge on any atom is 0.343 e. The molecule has 0 heterocycles. The summed E-state index contributed by atoms with van der Waals surface area (Å²) in [5.74, 6) is -1.91. The lowest BCUT2D eigenvalue weighted by molar-refractivity contribution is -0.136. The maximum atomic E-state index is 12.4. The second kappa shape index (κ2) is 11.3. The molecule has 0 fully saturated rings. The van der Waals surface area contributed by atoms with E-state index in [0.717, 1.165) is 0 Å². The van der Waals surface area contributed by atoms with Gasteiger partial charge in [-0.3, -0.25) is 9.59 Å². The number of hydrogen-bond donors (Lipinski definition) is 2. The summed E-state index contributed by atoms with van der Waals surface area (Å²) in [6.45, 7) is 0. The van der Waals surface area contributed by atoms with E-state index in [1.807, 2.05) is 0 Å². The van der Waals surface area contributed by atoms with E-state index in [1.165, 1.54) is 25.5 Å². The third kappa shape index (κ3) is 6.64. The second-order valence-corrected chi connectivity index (χ2v) is 7.78. The first-order chi connectivity index (χ1) is 15.9. The van der Waals surface area contributed by atoms with Crippen LogP contribution in [-0.2, 0) is 9.59 Å². The van der Waals surface area contributed by atoms with E-state index < -0.39 is 17.8 Å². The van der Waals surface area contributed by atoms with E-state index >= 15 is 0 Å². The fourth-order valence-corrected chi connectivity index (χ4v) is 3.10. The Hall–Kier alpha value is -3.69. The number of hydrogen-bond acceptors (Lipinski definition) is 6. The van der Waals surface area contributed by atoms with Crippen LogP contribution in [0.2, 0.25) is 5.02 Å². The number of nitrogens with one attached hydrogen (secondary N) is 2. The summed E-state index contributed by atoms with van der Waals surface area (Å²) in [4.78, 5) is 36.6. The van der Waals surface area contributed by atoms with Gasteiger partial charge in [0.25, 0.3) is 0 Å². The number of anilines is 1. The van der Waals surface area contributed by atoms with E-state index in [1.54, 1.807) is 54.6 Å². The Morgan fingerprint density at radius 2 is 1.70 bits per heavy atom. The topological polar surface area (TPSA) is 106 Å². The Kier molecular flexibility index (Phi) is 8.17. The van der Waals surface area contributed by atoms with Crippen molar-refractivity contribution >= 4 is 57.2 Å². The van der Waals surface area contributed by atoms with Crippen LogP contribution in [0.5, 0.6) is 11.5 Å². The van der Waals surface area contributed by atoms with E-state index in [9.17, 15) is 14.4 Å². The predicted octanol–water partition coefficient (Wildman–Crippen LogP) is 4.42. The molecule has 3 aromatic carbocycles. The third-order valence-corrected chi connectivity index (χ3v) is 4.93. The van der Waals surface area contributed by atoms with Gasteiger partial charge in [0, 0.05) is 15.1 Å². The average molecular weight is 531 g/mol. The van der Waals surface area contributed by atoms with Gasteiger partial charge in [0.1, 0.15) is 11.5 Å². The van der Waals surface area contributed by atoms with Crippen LogP contribution in [0.3, 0.4) is 0 Å². The Morgan fingerprint density at radius 3 is 2.42 bits per heavy atom. The molecule has 0 saturated carbocycles. The normalized spacial score (nSPS) is 10.5. The van der Waals surface area contributed by atoms with Crippen LogP contribution in [-0.4, -0.2) is 31.1 Å². The first-order valence-corrected chi connectivity index (χ1v) is 10.6. The van der Waals surface area contributed by atoms with Crippen LogP contribution in [0.25, 0.3) is 0 Å². The van der Waals surface area contributed by atoms with Crippen molar-refractivity contribution in [2.24, 2.45) is 5.10 Å². The Bertz CT molecular complexity index is 1210. The molecule has 10 heteroatoms. The minimum absolute atomic E-state index is 0.203. The number of para-hydroxylation sites is 2. The highest BCUT2D eigenvalue weighted by molar-refractivity contribution is 9.10. The zero-order chi connectivity index (χ0) is 23.8. The number of ether oxygens (including phenoxy) is 2. The summed E-state index contributed by atoms with van der Waals surface area (Å²) in [7, 11) is 1.45. The standard InChI is InChI=1S/C23H17BrClN3O5/c1-32-20-5-3-2-4-18(20)27-21(29)22(30)28-26-13-15-12-16(24)8-11-19(15)33-23(31)14-6-9-17(25)10-7-14/h2-13H,1H3,(H,27,29)(H,28,30)/b26-13-. The van der Waals surface area contributed by atoms with Crippen LogP contribution in [0, 0.1) is 0 Å². The first kappa shape index (κ1) is 24.0. The zero-order valence-electron chi connectivity index (χ0n) is 17.2. The van der Waals surface area contributed by atoms with Crippen LogP contribution >= 0.6 is 27.5 Å². The SMILES string of the molecule is COc1ccccc1NC(=O)C(=O)N/N=C\c1cc(Br)ccc1OC(=O)c1ccc(Cl)cc1. The first-order valence-electron chi connectivity index (χ1n) is 9.42. The minimum atomic E-state index is -0.994. The van der Waals surface area contributed by atoms with E-state index in [-0.39, 0.29) is 5.75 Å². The number of amides is 2. The van der Waals surface area contributed by atoms with Crippen molar-refractivity contribution < 1.29 is 23.9 Å². The minimum Gasteiger partial charge on any atom is -0.495 e. The molecule has 33 heavy (non-hydrogen) atoms. The van der Waals surface area contributed by atoms with Gasteiger partial charge in [0.15, 0.2) is 0 Å². The molecule has 0 aliphatic carbocycles. The highest BCUT2D eigenvalue weighted by Gasteiger charge is 2.15. The number of nitrogens with zero attached hydrogens (tertiary/aromatic N) is 1. The second-order valence-electron chi connectivity index (χ2n) is 6.43. The fourth-order valence-electron chi connectivity index (χ4n) is 2.60. The number of benzene rings is 3. The van der Waals surface area contributed by atoms with Gasteiger partial charge in [0.2, 0.25) is 0 Å². The molecule has 0 unspecified atom stereocenters. The smallest absolute Gasteiger partial charge is 0.343 e. The summed E-state index contributed by atoms with van der Waals surface area (Å²) in [6.07, 6.45) is 1.25. The number of rotatable bonds is 6. The maximum absolute atomic E-state index is 12.4. The number of carbonyl (C=O) groups excluding carboxylic acids is 3. The largest absolute Gasteiger partial charge is 0.495 e. The quantitative estimate of drug-likeness (QED) is 0.161. The molecule has 3 aromatic rings. The molecule has 0 aliphatic heterocycles. The van der Waals surface area contributed by atoms with Crippen molar-refractivity contribution in [1.29, 1.82) is 0 Å². The summed E-state index contributed by atoms with van der Waals surface area (Å²) in [5.41, 5.74) is 3.17. The van der Waals surface area contributed by atoms with Crippen LogP contribution < -0.4 is 20.2 Å². The molecule has 0 atom stereocenters. The number of methoxy groups -OCH3 is 1. The number of halogens is 2. The van der Waals surface area contributed by atoms with Gasteiger partial charge in [-0.15, -0.1) is 0 Å². The summed E-state index contributed by atoms with van der Waals surface area (Å²) in [6, 6.07) is 17.8. The van der Waals surface area contributed by atoms with Gasteiger partial charge >= 0.3 is 17.8 Å². The zero-order valence-corrected chi connectivity index (χ0v) is 19.5. The molecule has 0 aromatic heterocycles. The monoisotopic (exact) mass is 529 g/mol. The molecule has 8 nitrogen and oxygen atoms in total. The van der Waals surface area contributed by atoms with Crippen molar-refractivity contribution in [3.63, 3.8) is 0 Å². The lowest BCUT2D eigenvalue weighted by Crippen LogP contribution is -2.32. The molecule has 0 aliphatic rings. The number of esters is 1. The molecule has 168 valence electrons. The van der Waals surface area contributed by atoms with Gasteiger partial charge in [-0.2, -0.15) is 5.10 Å². The van der Waals surface area contributed by atoms with Gasteiger partial charge in [0.05, 0.1) is 24.6 Å². The number of hydrazone groups is 1. The Labute approximate surface area is 202 Å². The molecule has 0 bridgehead atoms. The van der Waals surface area contributed by atoms with Crippen molar-refractivity contribution in [1.82, 2.24) is 5.43 Å². The van der Waals surface area contributed by atoms with Gasteiger partial charge in [-0.25, -0.2) is 10.2 Å². The molecule has 3 rings (SSSR count). The molecular formula is C23H17BrClN3O5. The van der Waals surface area contributed by atoms with Crippen molar-refractivity contribution in [3.8, 4) is 11.5 Å². The van der Waals surface area contributed by atoms with Crippen molar-refractivity contribution in [3.05, 3.63) is 87.4 Å². The summed E-state index contributed by atoms with van der Waals surface area (Å²) < 4.78 is 11.3. The molecule has 2 amide bonds. The molecule has 0 spiro atoms. The number of carbonyl (C=O) groups is 3. The average Bonchev–Trinajstić information content (AvgIpc) is 2.81. The van der Waals surface area contributed by atoms with Crippen LogP contribution in [0.4, 0.5) is 5.69 Å². The highest BCUT2D eigenvalue weighted by Crippen LogP contribution is 2.24. The Balaban J connectivity index is 1.67. The third-order valence-electron chi connectivity index (χ3n) is 4.19. The van der Waals surface area contributed by atoms with E-state index in [4.69, 9.17) is 21.1 Å². The van der Waals surface area contributed by atoms with Gasteiger partial charge in [-0.05, 0) is 54.6 Å². The van der Waals surface area contributed by atoms with E-state index in [0.29, 0.717) is 32.1 Å². The molecule has 2 N–H and O–H groups in total. The van der Waals surface area contributed by atoms with E-state index in [2.05, 4.69) is 31.8 Å². The van der Waals surface area contributed by atoms with Gasteiger partial charge < -0.3 is 14.8 Å². The summed E-state index contributed by atoms with van der Waals surface area (Å²) in [5, 5.41) is 6.73. The van der Waals surface area contributed by atoms with Gasteiger partial charge in [-0.1, -0.05) is 39.7 Å². The van der Waals surface area contributed by atoms with Crippen molar-refractivity contribution in [2.45, 2.75) is 0 Å². The lowest BCUT2D eigenvalue weighted by atomic mass is 10.2. The highest BCUT2D eigenvalue weighted by atomic mass is 79.9. The Morgan fingerprint density at radius 1 is 0.970 bits per heavy atom. The van der Waals surface area contributed by atoms with Crippen LogP contribution in [0.1, 0.15) is 15.9 Å². The summed E-state index contributed by atoms with van der Waals surface area (Å²) >= 11 is 9.17. The molecular weight excluding hydrogens is 514 g/mol. The molecule has 0 radical (unpaired) electrons. The molecule has 0 saturated heterocycles.